The first-order chi connectivity index (χ1) is 9.85. The lowest BCUT2D eigenvalue weighted by molar-refractivity contribution is 0.216. The number of nitrogens with zero attached hydrogens (tertiary/aromatic N) is 2. The lowest BCUT2D eigenvalue weighted by Gasteiger charge is -2.10. The highest BCUT2D eigenvalue weighted by Gasteiger charge is 2.03. The largest absolute Gasteiger partial charge is 0.489 e. The highest BCUT2D eigenvalue weighted by Crippen LogP contribution is 2.18. The minimum absolute atomic E-state index is 0.304. The summed E-state index contributed by atoms with van der Waals surface area (Å²) in [6.07, 6.45) is 0. The second-order valence-corrected chi connectivity index (χ2v) is 3.91. The van der Waals surface area contributed by atoms with Crippen molar-refractivity contribution in [1.82, 2.24) is 0 Å². The van der Waals surface area contributed by atoms with Crippen LogP contribution in [0.5, 0.6) is 11.5 Å². The molecule has 2 aromatic carbocycles. The molecule has 0 unspecified atom stereocenters. The van der Waals surface area contributed by atoms with E-state index in [0.29, 0.717) is 35.8 Å². The average molecular weight is 264 g/mol. The Morgan fingerprint density at radius 3 is 1.50 bits per heavy atom. The summed E-state index contributed by atoms with van der Waals surface area (Å²) in [7, 11) is 0. The molecule has 2 rings (SSSR count). The Bertz CT molecular complexity index is 609. The minimum Gasteiger partial charge on any atom is -0.489 e. The molecule has 2 aromatic rings. The summed E-state index contributed by atoms with van der Waals surface area (Å²) in [4.78, 5) is 0. The molecule has 0 fully saturated rings. The van der Waals surface area contributed by atoms with Gasteiger partial charge >= 0.3 is 0 Å². The molecule has 0 saturated carbocycles. The normalized spacial score (nSPS) is 9.30. The van der Waals surface area contributed by atoms with Crippen molar-refractivity contribution >= 4 is 0 Å². The first kappa shape index (κ1) is 13.5. The fraction of sp³-hybridized carbons (Fsp3) is 0.125. The van der Waals surface area contributed by atoms with Crippen molar-refractivity contribution in [3.05, 3.63) is 59.7 Å². The topological polar surface area (TPSA) is 66.0 Å². The van der Waals surface area contributed by atoms with E-state index >= 15 is 0 Å². The zero-order valence-electron chi connectivity index (χ0n) is 10.7. The molecule has 4 nitrogen and oxygen atoms in total. The van der Waals surface area contributed by atoms with Crippen molar-refractivity contribution in [3.8, 4) is 23.6 Å². The Balaban J connectivity index is 1.88. The molecule has 0 aromatic heterocycles. The van der Waals surface area contributed by atoms with Crippen LogP contribution in [0.15, 0.2) is 48.5 Å². The zero-order chi connectivity index (χ0) is 14.2. The molecule has 0 saturated heterocycles. The third-order valence-electron chi connectivity index (χ3n) is 2.61. The van der Waals surface area contributed by atoms with Crippen molar-refractivity contribution in [2.45, 2.75) is 0 Å². The summed E-state index contributed by atoms with van der Waals surface area (Å²) < 4.78 is 11.0. The maximum absolute atomic E-state index is 8.92. The Labute approximate surface area is 117 Å². The van der Waals surface area contributed by atoms with Gasteiger partial charge in [0.2, 0.25) is 0 Å². The van der Waals surface area contributed by atoms with E-state index in [1.165, 1.54) is 0 Å². The van der Waals surface area contributed by atoms with Crippen LogP contribution in [0.4, 0.5) is 0 Å². The van der Waals surface area contributed by atoms with Gasteiger partial charge in [0.1, 0.15) is 36.9 Å². The van der Waals surface area contributed by atoms with Gasteiger partial charge in [-0.2, -0.15) is 10.5 Å². The van der Waals surface area contributed by atoms with Crippen LogP contribution in [-0.2, 0) is 0 Å². The number of hydrogen-bond acceptors (Lipinski definition) is 4. The maximum Gasteiger partial charge on any atom is 0.137 e. The summed E-state index contributed by atoms with van der Waals surface area (Å²) in [5.74, 6) is 1.07. The van der Waals surface area contributed by atoms with Crippen LogP contribution in [0.2, 0.25) is 0 Å². The predicted molar refractivity (Wildman–Crippen MR) is 73.3 cm³/mol. The monoisotopic (exact) mass is 264 g/mol. The van der Waals surface area contributed by atoms with Gasteiger partial charge < -0.3 is 9.47 Å². The predicted octanol–water partition coefficient (Wildman–Crippen LogP) is 2.89. The summed E-state index contributed by atoms with van der Waals surface area (Å²) in [6, 6.07) is 18.2. The quantitative estimate of drug-likeness (QED) is 0.779. The molecule has 0 amide bonds. The number of benzene rings is 2. The van der Waals surface area contributed by atoms with E-state index in [1.807, 2.05) is 12.1 Å². The highest BCUT2D eigenvalue weighted by molar-refractivity contribution is 5.43. The van der Waals surface area contributed by atoms with Crippen LogP contribution in [0.1, 0.15) is 11.1 Å². The highest BCUT2D eigenvalue weighted by atomic mass is 16.5. The first-order valence-electron chi connectivity index (χ1n) is 6.09. The van der Waals surface area contributed by atoms with E-state index < -0.39 is 0 Å². The number of para-hydroxylation sites is 2. The van der Waals surface area contributed by atoms with E-state index in [2.05, 4.69) is 12.1 Å². The molecule has 0 aliphatic carbocycles. The Kier molecular flexibility index (Phi) is 4.59. The standard InChI is InChI=1S/C16H12N2O2/c17-11-13-5-1-3-7-15(13)19-9-10-20-16-8-4-2-6-14(16)12-18/h1-8H,9-10H2. The van der Waals surface area contributed by atoms with Crippen LogP contribution in [0.25, 0.3) is 0 Å². The van der Waals surface area contributed by atoms with Gasteiger partial charge in [-0.25, -0.2) is 0 Å². The van der Waals surface area contributed by atoms with E-state index in [4.69, 9.17) is 20.0 Å². The van der Waals surface area contributed by atoms with Crippen molar-refractivity contribution in [3.63, 3.8) is 0 Å². The molecule has 20 heavy (non-hydrogen) atoms. The second kappa shape index (κ2) is 6.82. The van der Waals surface area contributed by atoms with Crippen LogP contribution >= 0.6 is 0 Å². The van der Waals surface area contributed by atoms with Gasteiger partial charge in [0.05, 0.1) is 11.1 Å². The van der Waals surface area contributed by atoms with Crippen LogP contribution in [0.3, 0.4) is 0 Å². The Morgan fingerprint density at radius 2 is 1.10 bits per heavy atom. The summed E-state index contributed by atoms with van der Waals surface area (Å²) in [5.41, 5.74) is 0.981. The van der Waals surface area contributed by atoms with Gasteiger partial charge in [0.15, 0.2) is 0 Å². The van der Waals surface area contributed by atoms with E-state index in [9.17, 15) is 0 Å². The third kappa shape index (κ3) is 3.28. The molecule has 98 valence electrons. The second-order valence-electron chi connectivity index (χ2n) is 3.91. The van der Waals surface area contributed by atoms with Crippen molar-refractivity contribution in [2.24, 2.45) is 0 Å². The molecule has 0 aliphatic heterocycles. The average Bonchev–Trinajstić information content (AvgIpc) is 2.52. The number of rotatable bonds is 5. The SMILES string of the molecule is N#Cc1ccccc1OCCOc1ccccc1C#N. The Hall–Kier alpha value is -2.98. The number of hydrogen-bond donors (Lipinski definition) is 0. The number of nitriles is 2. The zero-order valence-corrected chi connectivity index (χ0v) is 10.7. The van der Waals surface area contributed by atoms with Gasteiger partial charge in [-0.3, -0.25) is 0 Å². The van der Waals surface area contributed by atoms with E-state index in [-0.39, 0.29) is 0 Å². The molecule has 0 aliphatic rings. The van der Waals surface area contributed by atoms with Crippen molar-refractivity contribution < 1.29 is 9.47 Å². The van der Waals surface area contributed by atoms with Crippen LogP contribution in [-0.4, -0.2) is 13.2 Å². The Morgan fingerprint density at radius 1 is 0.700 bits per heavy atom. The van der Waals surface area contributed by atoms with E-state index in [0.717, 1.165) is 0 Å². The molecule has 0 spiro atoms. The molecule has 0 heterocycles. The fourth-order valence-electron chi connectivity index (χ4n) is 1.67. The van der Waals surface area contributed by atoms with Crippen molar-refractivity contribution in [2.75, 3.05) is 13.2 Å². The molecule has 0 radical (unpaired) electrons. The van der Waals surface area contributed by atoms with Gasteiger partial charge in [-0.1, -0.05) is 24.3 Å². The van der Waals surface area contributed by atoms with Crippen LogP contribution in [0, 0.1) is 22.7 Å². The minimum atomic E-state index is 0.304. The fourth-order valence-corrected chi connectivity index (χ4v) is 1.67. The first-order valence-corrected chi connectivity index (χ1v) is 6.09. The van der Waals surface area contributed by atoms with Gasteiger partial charge in [0, 0.05) is 0 Å². The van der Waals surface area contributed by atoms with Crippen molar-refractivity contribution in [1.29, 1.82) is 10.5 Å². The molecular formula is C16H12N2O2. The summed E-state index contributed by atoms with van der Waals surface area (Å²) in [6.45, 7) is 0.608. The molecule has 0 bridgehead atoms. The van der Waals surface area contributed by atoms with E-state index in [1.54, 1.807) is 36.4 Å². The van der Waals surface area contributed by atoms with Gasteiger partial charge in [-0.15, -0.1) is 0 Å². The smallest absolute Gasteiger partial charge is 0.137 e. The molecule has 0 atom stereocenters. The summed E-state index contributed by atoms with van der Waals surface area (Å²) >= 11 is 0. The van der Waals surface area contributed by atoms with Crippen LogP contribution < -0.4 is 9.47 Å². The third-order valence-corrected chi connectivity index (χ3v) is 2.61. The number of ether oxygens (including phenoxy) is 2. The maximum atomic E-state index is 8.92. The molecule has 0 N–H and O–H groups in total. The lowest BCUT2D eigenvalue weighted by atomic mass is 10.2. The molecular weight excluding hydrogens is 252 g/mol. The summed E-state index contributed by atoms with van der Waals surface area (Å²) in [5, 5.41) is 17.8. The lowest BCUT2D eigenvalue weighted by Crippen LogP contribution is -2.10. The van der Waals surface area contributed by atoms with Gasteiger partial charge in [-0.05, 0) is 24.3 Å². The van der Waals surface area contributed by atoms with Gasteiger partial charge in [0.25, 0.3) is 0 Å². The molecule has 4 heteroatoms.